The Morgan fingerprint density at radius 2 is 1.95 bits per heavy atom. The molecule has 0 fully saturated rings. The molecule has 0 unspecified atom stereocenters. The van der Waals surface area contributed by atoms with Gasteiger partial charge in [-0.05, 0) is 54.9 Å². The molecule has 1 rings (SSSR count). The van der Waals surface area contributed by atoms with E-state index in [9.17, 15) is 14.0 Å². The van der Waals surface area contributed by atoms with Crippen LogP contribution in [0.1, 0.15) is 31.1 Å². The number of hydrogen-bond donors (Lipinski definition) is 0. The van der Waals surface area contributed by atoms with Gasteiger partial charge in [0, 0.05) is 4.47 Å². The van der Waals surface area contributed by atoms with E-state index in [0.717, 1.165) is 6.07 Å². The molecular formula is C13H14BrFO4. The molecule has 6 heteroatoms. The summed E-state index contributed by atoms with van der Waals surface area (Å²) in [7, 11) is 0. The standard InChI is InChI=1S/C13H14BrFO4/c1-13(2,3)19-11(16)7-18-12(17)9-6-8(15)4-5-10(9)14/h4-6H,7H2,1-3H3. The molecule has 0 spiro atoms. The lowest BCUT2D eigenvalue weighted by atomic mass is 10.2. The zero-order valence-electron chi connectivity index (χ0n) is 10.8. The molecule has 19 heavy (non-hydrogen) atoms. The number of hydrogen-bond acceptors (Lipinski definition) is 4. The Morgan fingerprint density at radius 3 is 2.53 bits per heavy atom. The molecule has 0 saturated heterocycles. The Morgan fingerprint density at radius 1 is 1.32 bits per heavy atom. The van der Waals surface area contributed by atoms with Crippen LogP contribution in [0.5, 0.6) is 0 Å². The van der Waals surface area contributed by atoms with Crippen molar-refractivity contribution < 1.29 is 23.5 Å². The predicted octanol–water partition coefficient (Wildman–Crippen LogP) is 3.09. The normalized spacial score (nSPS) is 11.0. The quantitative estimate of drug-likeness (QED) is 0.798. The summed E-state index contributed by atoms with van der Waals surface area (Å²) in [5, 5.41) is 0. The van der Waals surface area contributed by atoms with Crippen LogP contribution in [0.15, 0.2) is 22.7 Å². The Balaban J connectivity index is 2.61. The first-order valence-electron chi connectivity index (χ1n) is 5.53. The van der Waals surface area contributed by atoms with Gasteiger partial charge in [0.05, 0.1) is 5.56 Å². The summed E-state index contributed by atoms with van der Waals surface area (Å²) in [6.45, 7) is 4.60. The van der Waals surface area contributed by atoms with Crippen LogP contribution in [-0.4, -0.2) is 24.1 Å². The second-order valence-electron chi connectivity index (χ2n) is 4.79. The van der Waals surface area contributed by atoms with Crippen LogP contribution in [0.25, 0.3) is 0 Å². The molecule has 104 valence electrons. The second-order valence-corrected chi connectivity index (χ2v) is 5.64. The van der Waals surface area contributed by atoms with Crippen molar-refractivity contribution in [1.29, 1.82) is 0 Å². The van der Waals surface area contributed by atoms with Gasteiger partial charge in [-0.1, -0.05) is 0 Å². The van der Waals surface area contributed by atoms with Crippen LogP contribution >= 0.6 is 15.9 Å². The number of carbonyl (C=O) groups is 2. The maximum atomic E-state index is 13.0. The van der Waals surface area contributed by atoms with Gasteiger partial charge in [0.1, 0.15) is 11.4 Å². The molecule has 0 amide bonds. The molecule has 0 radical (unpaired) electrons. The topological polar surface area (TPSA) is 52.6 Å². The number of benzene rings is 1. The van der Waals surface area contributed by atoms with Crippen LogP contribution < -0.4 is 0 Å². The van der Waals surface area contributed by atoms with E-state index < -0.39 is 30.0 Å². The van der Waals surface area contributed by atoms with E-state index in [0.29, 0.717) is 4.47 Å². The number of ether oxygens (including phenoxy) is 2. The first kappa shape index (κ1) is 15.6. The minimum Gasteiger partial charge on any atom is -0.457 e. The van der Waals surface area contributed by atoms with E-state index in [-0.39, 0.29) is 5.56 Å². The third-order valence-electron chi connectivity index (χ3n) is 1.89. The Kier molecular flexibility index (Phi) is 5.05. The number of esters is 2. The number of halogens is 2. The van der Waals surface area contributed by atoms with Crippen molar-refractivity contribution in [3.8, 4) is 0 Å². The monoisotopic (exact) mass is 332 g/mol. The van der Waals surface area contributed by atoms with Gasteiger partial charge in [0.2, 0.25) is 0 Å². The van der Waals surface area contributed by atoms with E-state index in [2.05, 4.69) is 15.9 Å². The van der Waals surface area contributed by atoms with E-state index in [1.54, 1.807) is 20.8 Å². The fraction of sp³-hybridized carbons (Fsp3) is 0.385. The first-order chi connectivity index (χ1) is 8.69. The van der Waals surface area contributed by atoms with Crippen molar-refractivity contribution >= 4 is 27.9 Å². The molecule has 0 aliphatic heterocycles. The Bertz CT molecular complexity index is 494. The molecule has 1 aromatic rings. The zero-order chi connectivity index (χ0) is 14.6. The van der Waals surface area contributed by atoms with Crippen molar-refractivity contribution in [2.24, 2.45) is 0 Å². The Labute approximate surface area is 119 Å². The van der Waals surface area contributed by atoms with Crippen molar-refractivity contribution in [2.45, 2.75) is 26.4 Å². The highest BCUT2D eigenvalue weighted by Crippen LogP contribution is 2.18. The smallest absolute Gasteiger partial charge is 0.344 e. The maximum Gasteiger partial charge on any atom is 0.344 e. The summed E-state index contributed by atoms with van der Waals surface area (Å²) in [6.07, 6.45) is 0. The molecule has 0 aliphatic rings. The highest BCUT2D eigenvalue weighted by Gasteiger charge is 2.19. The Hall–Kier alpha value is -1.43. The lowest BCUT2D eigenvalue weighted by Crippen LogP contribution is -2.27. The number of rotatable bonds is 3. The third kappa shape index (κ3) is 5.38. The zero-order valence-corrected chi connectivity index (χ0v) is 12.4. The van der Waals surface area contributed by atoms with Crippen molar-refractivity contribution in [2.75, 3.05) is 6.61 Å². The predicted molar refractivity (Wildman–Crippen MR) is 70.2 cm³/mol. The van der Waals surface area contributed by atoms with Gasteiger partial charge in [0.25, 0.3) is 0 Å². The molecule has 0 aliphatic carbocycles. The molecule has 0 aromatic heterocycles. The number of carbonyl (C=O) groups excluding carboxylic acids is 2. The molecule has 0 atom stereocenters. The summed E-state index contributed by atoms with van der Waals surface area (Å²) < 4.78 is 23.1. The van der Waals surface area contributed by atoms with Gasteiger partial charge in [-0.3, -0.25) is 0 Å². The van der Waals surface area contributed by atoms with Gasteiger partial charge >= 0.3 is 11.9 Å². The minimum absolute atomic E-state index is 0.0172. The van der Waals surface area contributed by atoms with Crippen LogP contribution in [-0.2, 0) is 14.3 Å². The maximum absolute atomic E-state index is 13.0. The van der Waals surface area contributed by atoms with Crippen molar-refractivity contribution in [3.63, 3.8) is 0 Å². The SMILES string of the molecule is CC(C)(C)OC(=O)COC(=O)c1cc(F)ccc1Br. The average Bonchev–Trinajstić information content (AvgIpc) is 2.27. The minimum atomic E-state index is -0.794. The highest BCUT2D eigenvalue weighted by atomic mass is 79.9. The van der Waals surface area contributed by atoms with Gasteiger partial charge in [-0.15, -0.1) is 0 Å². The second kappa shape index (κ2) is 6.14. The summed E-state index contributed by atoms with van der Waals surface area (Å²) in [5.74, 6) is -2.02. The lowest BCUT2D eigenvalue weighted by Gasteiger charge is -2.19. The summed E-state index contributed by atoms with van der Waals surface area (Å²) in [5.41, 5.74) is -0.633. The molecule has 4 nitrogen and oxygen atoms in total. The summed E-state index contributed by atoms with van der Waals surface area (Å²) in [4.78, 5) is 23.0. The van der Waals surface area contributed by atoms with Gasteiger partial charge in [0.15, 0.2) is 6.61 Å². The summed E-state index contributed by atoms with van der Waals surface area (Å²) >= 11 is 3.10. The van der Waals surface area contributed by atoms with Crippen molar-refractivity contribution in [1.82, 2.24) is 0 Å². The van der Waals surface area contributed by atoms with E-state index in [4.69, 9.17) is 9.47 Å². The lowest BCUT2D eigenvalue weighted by molar-refractivity contribution is -0.158. The first-order valence-corrected chi connectivity index (χ1v) is 6.32. The average molecular weight is 333 g/mol. The molecule has 1 aromatic carbocycles. The van der Waals surface area contributed by atoms with Gasteiger partial charge in [-0.2, -0.15) is 0 Å². The van der Waals surface area contributed by atoms with Crippen LogP contribution in [0, 0.1) is 5.82 Å². The van der Waals surface area contributed by atoms with E-state index >= 15 is 0 Å². The molecule has 0 N–H and O–H groups in total. The third-order valence-corrected chi connectivity index (χ3v) is 2.58. The van der Waals surface area contributed by atoms with Gasteiger partial charge in [-0.25, -0.2) is 14.0 Å². The fourth-order valence-corrected chi connectivity index (χ4v) is 1.64. The molecule has 0 saturated carbocycles. The fourth-order valence-electron chi connectivity index (χ4n) is 1.23. The van der Waals surface area contributed by atoms with Crippen LogP contribution in [0.2, 0.25) is 0 Å². The van der Waals surface area contributed by atoms with Crippen LogP contribution in [0.3, 0.4) is 0 Å². The largest absolute Gasteiger partial charge is 0.457 e. The van der Waals surface area contributed by atoms with Crippen molar-refractivity contribution in [3.05, 3.63) is 34.1 Å². The van der Waals surface area contributed by atoms with Gasteiger partial charge < -0.3 is 9.47 Å². The molecule has 0 heterocycles. The highest BCUT2D eigenvalue weighted by molar-refractivity contribution is 9.10. The van der Waals surface area contributed by atoms with E-state index in [1.165, 1.54) is 12.1 Å². The molecular weight excluding hydrogens is 319 g/mol. The molecule has 0 bridgehead atoms. The van der Waals surface area contributed by atoms with E-state index in [1.807, 2.05) is 0 Å². The van der Waals surface area contributed by atoms with Crippen LogP contribution in [0.4, 0.5) is 4.39 Å². The summed E-state index contributed by atoms with van der Waals surface area (Å²) in [6, 6.07) is 3.62.